The van der Waals surface area contributed by atoms with Crippen LogP contribution < -0.4 is 5.32 Å². The molecular formula is C17H14ClN5O3S2. The molecule has 0 saturated carbocycles. The van der Waals surface area contributed by atoms with Crippen LogP contribution >= 0.6 is 35.5 Å². The number of nitrogens with zero attached hydrogens (tertiary/aromatic N) is 3. The van der Waals surface area contributed by atoms with Gasteiger partial charge in [-0.25, -0.2) is 9.97 Å². The van der Waals surface area contributed by atoms with E-state index >= 15 is 0 Å². The molecule has 4 aromatic rings. The molecule has 0 saturated heterocycles. The summed E-state index contributed by atoms with van der Waals surface area (Å²) in [7, 11) is 0. The SMILES string of the molecule is Cc1ccc2nc(SCC(=O)Nc3nc4ccc([N+](=O)[O-])cc4s3)[nH]c2c1.Cl. The number of carbonyl (C=O) groups is 1. The predicted molar refractivity (Wildman–Crippen MR) is 114 cm³/mol. The Labute approximate surface area is 173 Å². The van der Waals surface area contributed by atoms with Crippen molar-refractivity contribution < 1.29 is 9.72 Å². The first kappa shape index (κ1) is 20.1. The number of aromatic nitrogens is 3. The second-order valence-corrected chi connectivity index (χ2v) is 7.82. The monoisotopic (exact) mass is 435 g/mol. The fraction of sp³-hybridized carbons (Fsp3) is 0.118. The number of fused-ring (bicyclic) bond motifs is 2. The molecule has 2 aromatic carbocycles. The topological polar surface area (TPSA) is 114 Å². The highest BCUT2D eigenvalue weighted by atomic mass is 35.5. The van der Waals surface area contributed by atoms with Crippen LogP contribution in [0.1, 0.15) is 5.56 Å². The van der Waals surface area contributed by atoms with Crippen LogP contribution in [0.3, 0.4) is 0 Å². The number of rotatable bonds is 5. The molecule has 0 spiro atoms. The number of thiazole rings is 1. The lowest BCUT2D eigenvalue weighted by Gasteiger charge is -1.99. The van der Waals surface area contributed by atoms with Gasteiger partial charge in [0.1, 0.15) is 0 Å². The fourth-order valence-corrected chi connectivity index (χ4v) is 4.14. The van der Waals surface area contributed by atoms with E-state index in [2.05, 4.69) is 20.3 Å². The summed E-state index contributed by atoms with van der Waals surface area (Å²) >= 11 is 2.51. The number of aryl methyl sites for hydroxylation is 1. The quantitative estimate of drug-likeness (QED) is 0.270. The summed E-state index contributed by atoms with van der Waals surface area (Å²) < 4.78 is 0.653. The second kappa shape index (κ2) is 8.13. The molecule has 11 heteroatoms. The van der Waals surface area contributed by atoms with Crippen molar-refractivity contribution in [3.63, 3.8) is 0 Å². The van der Waals surface area contributed by atoms with E-state index in [0.29, 0.717) is 20.5 Å². The van der Waals surface area contributed by atoms with E-state index in [1.165, 1.54) is 35.2 Å². The van der Waals surface area contributed by atoms with Crippen molar-refractivity contribution in [3.05, 3.63) is 52.1 Å². The molecule has 0 fully saturated rings. The molecule has 0 aliphatic rings. The number of aromatic amines is 1. The highest BCUT2D eigenvalue weighted by Gasteiger charge is 2.13. The molecule has 2 N–H and O–H groups in total. The first-order valence-corrected chi connectivity index (χ1v) is 9.72. The van der Waals surface area contributed by atoms with E-state index in [4.69, 9.17) is 0 Å². The van der Waals surface area contributed by atoms with Crippen molar-refractivity contribution in [2.45, 2.75) is 12.1 Å². The maximum atomic E-state index is 12.2. The number of thioether (sulfide) groups is 1. The summed E-state index contributed by atoms with van der Waals surface area (Å²) in [4.78, 5) is 34.5. The van der Waals surface area contributed by atoms with Gasteiger partial charge in [0.25, 0.3) is 5.69 Å². The smallest absolute Gasteiger partial charge is 0.270 e. The van der Waals surface area contributed by atoms with Gasteiger partial charge in [-0.05, 0) is 30.7 Å². The average Bonchev–Trinajstić information content (AvgIpc) is 3.21. The number of hydrogen-bond donors (Lipinski definition) is 2. The summed E-state index contributed by atoms with van der Waals surface area (Å²) in [5.41, 5.74) is 3.54. The second-order valence-electron chi connectivity index (χ2n) is 5.83. The van der Waals surface area contributed by atoms with E-state index in [9.17, 15) is 14.9 Å². The standard InChI is InChI=1S/C17H13N5O3S2.ClH/c1-9-2-4-11-13(6-9)20-16(18-11)26-8-15(23)21-17-19-12-5-3-10(22(24)25)7-14(12)27-17;/h2-7H,8H2,1H3,(H,18,20)(H,19,21,23);1H. The molecule has 0 unspecified atom stereocenters. The normalized spacial score (nSPS) is 10.8. The van der Waals surface area contributed by atoms with Crippen LogP contribution in [0.4, 0.5) is 10.8 Å². The molecule has 8 nitrogen and oxygen atoms in total. The van der Waals surface area contributed by atoms with Crippen LogP contribution in [0.5, 0.6) is 0 Å². The number of benzene rings is 2. The summed E-state index contributed by atoms with van der Waals surface area (Å²) in [6.07, 6.45) is 0. The van der Waals surface area contributed by atoms with E-state index in [-0.39, 0.29) is 29.8 Å². The van der Waals surface area contributed by atoms with Crippen LogP contribution in [0.2, 0.25) is 0 Å². The minimum atomic E-state index is -0.455. The molecule has 28 heavy (non-hydrogen) atoms. The summed E-state index contributed by atoms with van der Waals surface area (Å²) in [5, 5.41) is 14.7. The third-order valence-electron chi connectivity index (χ3n) is 3.78. The molecule has 0 atom stereocenters. The van der Waals surface area contributed by atoms with Crippen molar-refractivity contribution in [1.29, 1.82) is 0 Å². The van der Waals surface area contributed by atoms with Gasteiger partial charge in [-0.2, -0.15) is 0 Å². The van der Waals surface area contributed by atoms with Crippen LogP contribution in [-0.4, -0.2) is 31.5 Å². The zero-order valence-corrected chi connectivity index (χ0v) is 16.9. The van der Waals surface area contributed by atoms with E-state index in [0.717, 1.165) is 16.6 Å². The third-order valence-corrected chi connectivity index (χ3v) is 5.59. The molecule has 2 heterocycles. The van der Waals surface area contributed by atoms with Gasteiger partial charge in [-0.3, -0.25) is 14.9 Å². The number of H-pyrrole nitrogens is 1. The van der Waals surface area contributed by atoms with Crippen LogP contribution in [0, 0.1) is 17.0 Å². The number of carbonyl (C=O) groups excluding carboxylic acids is 1. The lowest BCUT2D eigenvalue weighted by molar-refractivity contribution is -0.384. The van der Waals surface area contributed by atoms with E-state index in [1.807, 2.05) is 25.1 Å². The van der Waals surface area contributed by atoms with Crippen LogP contribution in [-0.2, 0) is 4.79 Å². The first-order valence-electron chi connectivity index (χ1n) is 7.92. The van der Waals surface area contributed by atoms with Gasteiger partial charge in [-0.1, -0.05) is 29.2 Å². The van der Waals surface area contributed by atoms with Crippen LogP contribution in [0.25, 0.3) is 21.3 Å². The van der Waals surface area contributed by atoms with Gasteiger partial charge >= 0.3 is 0 Å². The van der Waals surface area contributed by atoms with Crippen molar-refractivity contribution >= 4 is 73.5 Å². The van der Waals surface area contributed by atoms with Gasteiger partial charge in [0.05, 0.1) is 31.9 Å². The maximum absolute atomic E-state index is 12.2. The highest BCUT2D eigenvalue weighted by Crippen LogP contribution is 2.29. The van der Waals surface area contributed by atoms with E-state index < -0.39 is 4.92 Å². The summed E-state index contributed by atoms with van der Waals surface area (Å²) in [6, 6.07) is 10.4. The number of nitrogens with one attached hydrogen (secondary N) is 2. The number of halogens is 1. The van der Waals surface area contributed by atoms with Gasteiger partial charge in [0.2, 0.25) is 5.91 Å². The van der Waals surface area contributed by atoms with Crippen LogP contribution in [0.15, 0.2) is 41.6 Å². The number of hydrogen-bond acceptors (Lipinski definition) is 7. The van der Waals surface area contributed by atoms with Crippen molar-refractivity contribution in [3.8, 4) is 0 Å². The summed E-state index contributed by atoms with van der Waals surface area (Å²) in [6.45, 7) is 2.01. The first-order chi connectivity index (χ1) is 13.0. The molecule has 0 aliphatic heterocycles. The number of anilines is 1. The van der Waals surface area contributed by atoms with Gasteiger partial charge in [0.15, 0.2) is 10.3 Å². The average molecular weight is 436 g/mol. The number of amides is 1. The molecule has 2 aromatic heterocycles. The van der Waals surface area contributed by atoms with Gasteiger partial charge in [0, 0.05) is 12.1 Å². The minimum Gasteiger partial charge on any atom is -0.333 e. The molecule has 0 aliphatic carbocycles. The fourth-order valence-electron chi connectivity index (χ4n) is 2.54. The van der Waals surface area contributed by atoms with Gasteiger partial charge < -0.3 is 10.3 Å². The minimum absolute atomic E-state index is 0. The summed E-state index contributed by atoms with van der Waals surface area (Å²) in [5.74, 6) is -0.0419. The molecule has 0 radical (unpaired) electrons. The number of imidazole rings is 1. The Balaban J connectivity index is 0.00000225. The Morgan fingerprint density at radius 1 is 1.25 bits per heavy atom. The number of nitro benzene ring substituents is 1. The lowest BCUT2D eigenvalue weighted by Crippen LogP contribution is -2.13. The van der Waals surface area contributed by atoms with Crippen molar-refractivity contribution in [1.82, 2.24) is 15.0 Å². The Bertz CT molecular complexity index is 1190. The zero-order valence-electron chi connectivity index (χ0n) is 14.5. The molecule has 4 rings (SSSR count). The predicted octanol–water partition coefficient (Wildman–Crippen LogP) is 4.54. The third kappa shape index (κ3) is 4.24. The Kier molecular flexibility index (Phi) is 5.82. The molecule has 0 bridgehead atoms. The molecule has 1 amide bonds. The van der Waals surface area contributed by atoms with Crippen molar-refractivity contribution in [2.24, 2.45) is 0 Å². The highest BCUT2D eigenvalue weighted by molar-refractivity contribution is 7.99. The Morgan fingerprint density at radius 2 is 2.04 bits per heavy atom. The van der Waals surface area contributed by atoms with Crippen molar-refractivity contribution in [2.75, 3.05) is 11.1 Å². The maximum Gasteiger partial charge on any atom is 0.270 e. The largest absolute Gasteiger partial charge is 0.333 e. The van der Waals surface area contributed by atoms with Gasteiger partial charge in [-0.15, -0.1) is 12.4 Å². The van der Waals surface area contributed by atoms with E-state index in [1.54, 1.807) is 6.07 Å². The molecular weight excluding hydrogens is 422 g/mol. The molecule has 144 valence electrons. The Morgan fingerprint density at radius 3 is 2.82 bits per heavy atom. The number of non-ortho nitro benzene ring substituents is 1. The number of nitro groups is 1. The lowest BCUT2D eigenvalue weighted by atomic mass is 10.2. The Hall–Kier alpha value is -2.69. The zero-order chi connectivity index (χ0) is 19.0.